The Hall–Kier alpha value is -2.82. The van der Waals surface area contributed by atoms with Crippen LogP contribution >= 0.6 is 11.3 Å². The molecule has 1 fully saturated rings. The first-order chi connectivity index (χ1) is 16.8. The molecule has 37 heavy (non-hydrogen) atoms. The molecule has 0 aromatic carbocycles. The van der Waals surface area contributed by atoms with Crippen molar-refractivity contribution >= 4 is 40.3 Å². The van der Waals surface area contributed by atoms with Crippen LogP contribution in [0.2, 0.25) is 0 Å². The summed E-state index contributed by atoms with van der Waals surface area (Å²) in [4.78, 5) is 62.4. The third-order valence-corrected chi connectivity index (χ3v) is 6.76. The molecule has 0 amide bonds. The van der Waals surface area contributed by atoms with E-state index in [1.807, 2.05) is 0 Å². The quantitative estimate of drug-likeness (QED) is 0.184. The second-order valence-corrected chi connectivity index (χ2v) is 9.25. The molecule has 2 heterocycles. The van der Waals surface area contributed by atoms with Crippen molar-refractivity contribution in [1.29, 1.82) is 0 Å². The summed E-state index contributed by atoms with van der Waals surface area (Å²) in [7, 11) is 0. The largest absolute Gasteiger partial charge is 0.456 e. The van der Waals surface area contributed by atoms with Gasteiger partial charge in [0.1, 0.15) is 6.10 Å². The molecule has 0 bridgehead atoms. The number of aliphatic hydroxyl groups is 4. The second kappa shape index (κ2) is 10.2. The number of thiophene rings is 1. The smallest absolute Gasteiger partial charge is 0.449 e. The summed E-state index contributed by atoms with van der Waals surface area (Å²) in [6.45, 7) is 2.28. The Kier molecular flexibility index (Phi) is 8.34. The number of hydrogen-bond acceptors (Lipinski definition) is 12. The van der Waals surface area contributed by atoms with Crippen LogP contribution in [-0.2, 0) is 28.7 Å². The standard InChI is InChI=1S/C22H23F3O11S/c1-9(26)16(31)17-19(32,10(2)27)21(34,12(4)29)20(33,11(3)28)18(36-17)35-15(22(23,24)25)8-13(30)14-6-5-7-37-14/h5-9,17-18,26,32-34H,1-4H3/t9?,17-,18-,19+,20+,21+/m1/s1. The van der Waals surface area contributed by atoms with E-state index in [0.29, 0.717) is 20.8 Å². The van der Waals surface area contributed by atoms with E-state index in [9.17, 15) is 57.6 Å². The van der Waals surface area contributed by atoms with Gasteiger partial charge in [-0.1, -0.05) is 6.07 Å². The SMILES string of the molecule is CC(=O)[C@@]1(O)[C@](O)(C(C)=O)[C@H](OC(=CC(=O)c2cccs2)C(F)(F)F)O[C@H](C(=O)C(C)O)[C@@]1(O)C(C)=O. The molecule has 1 aliphatic rings. The number of rotatable bonds is 9. The molecular formula is C22H23F3O11S. The van der Waals surface area contributed by atoms with Gasteiger partial charge < -0.3 is 29.9 Å². The first kappa shape index (κ1) is 30.4. The van der Waals surface area contributed by atoms with Crippen LogP contribution in [0.4, 0.5) is 13.2 Å². The molecule has 0 spiro atoms. The zero-order valence-electron chi connectivity index (χ0n) is 19.7. The van der Waals surface area contributed by atoms with E-state index in [4.69, 9.17) is 4.74 Å². The average molecular weight is 552 g/mol. The predicted molar refractivity (Wildman–Crippen MR) is 116 cm³/mol. The highest BCUT2D eigenvalue weighted by molar-refractivity contribution is 7.12. The molecule has 11 nitrogen and oxygen atoms in total. The molecule has 15 heteroatoms. The van der Waals surface area contributed by atoms with Crippen molar-refractivity contribution in [2.24, 2.45) is 0 Å². The number of hydrogen-bond donors (Lipinski definition) is 4. The second-order valence-electron chi connectivity index (χ2n) is 8.30. The third-order valence-electron chi connectivity index (χ3n) is 5.88. The Labute approximate surface area is 211 Å². The molecule has 1 aliphatic heterocycles. The van der Waals surface area contributed by atoms with Crippen molar-refractivity contribution in [1.82, 2.24) is 0 Å². The minimum absolute atomic E-state index is 0.0696. The maximum absolute atomic E-state index is 13.8. The minimum Gasteiger partial charge on any atom is -0.456 e. The van der Waals surface area contributed by atoms with Gasteiger partial charge in [-0.15, -0.1) is 11.3 Å². The van der Waals surface area contributed by atoms with Gasteiger partial charge in [-0.05, 0) is 39.1 Å². The van der Waals surface area contributed by atoms with Gasteiger partial charge in [-0.25, -0.2) is 0 Å². The van der Waals surface area contributed by atoms with Gasteiger partial charge in [0, 0.05) is 6.08 Å². The fourth-order valence-electron chi connectivity index (χ4n) is 3.88. The summed E-state index contributed by atoms with van der Waals surface area (Å²) in [6, 6.07) is 2.54. The van der Waals surface area contributed by atoms with Gasteiger partial charge in [-0.3, -0.25) is 24.0 Å². The molecule has 1 aromatic rings. The molecule has 1 unspecified atom stereocenters. The fraction of sp³-hybridized carbons (Fsp3) is 0.500. The summed E-state index contributed by atoms with van der Waals surface area (Å²) in [5.41, 5.74) is -11.7. The van der Waals surface area contributed by atoms with Crippen LogP contribution < -0.4 is 0 Å². The van der Waals surface area contributed by atoms with Crippen LogP contribution in [0.1, 0.15) is 37.4 Å². The lowest BCUT2D eigenvalue weighted by molar-refractivity contribution is -0.358. The Balaban J connectivity index is 2.84. The van der Waals surface area contributed by atoms with Crippen LogP contribution in [0.15, 0.2) is 29.3 Å². The summed E-state index contributed by atoms with van der Waals surface area (Å²) in [6.07, 6.45) is -13.6. The van der Waals surface area contributed by atoms with E-state index in [0.717, 1.165) is 18.3 Å². The number of alkyl halides is 3. The number of aliphatic hydroxyl groups excluding tert-OH is 1. The Bertz CT molecular complexity index is 1140. The summed E-state index contributed by atoms with van der Waals surface area (Å²) in [5, 5.41) is 44.8. The highest BCUT2D eigenvalue weighted by atomic mass is 32.1. The van der Waals surface area contributed by atoms with Gasteiger partial charge in [-0.2, -0.15) is 13.2 Å². The molecule has 0 aliphatic carbocycles. The monoisotopic (exact) mass is 552 g/mol. The van der Waals surface area contributed by atoms with Crippen LogP contribution in [0, 0.1) is 0 Å². The zero-order chi connectivity index (χ0) is 28.7. The molecule has 0 radical (unpaired) electrons. The molecule has 204 valence electrons. The Morgan fingerprint density at radius 3 is 1.97 bits per heavy atom. The van der Waals surface area contributed by atoms with Gasteiger partial charge in [0.25, 0.3) is 0 Å². The molecule has 0 saturated carbocycles. The summed E-state index contributed by atoms with van der Waals surface area (Å²) in [5.74, 6) is -10.1. The van der Waals surface area contributed by atoms with Gasteiger partial charge >= 0.3 is 6.18 Å². The molecule has 6 atom stereocenters. The first-order valence-electron chi connectivity index (χ1n) is 10.4. The van der Waals surface area contributed by atoms with Crippen molar-refractivity contribution in [3.8, 4) is 0 Å². The van der Waals surface area contributed by atoms with E-state index >= 15 is 0 Å². The number of allylic oxidation sites excluding steroid dienone is 2. The van der Waals surface area contributed by atoms with E-state index < -0.39 is 76.2 Å². The van der Waals surface area contributed by atoms with Crippen molar-refractivity contribution in [3.05, 3.63) is 34.2 Å². The molecule has 1 saturated heterocycles. The van der Waals surface area contributed by atoms with E-state index in [2.05, 4.69) is 4.74 Å². The molecule has 1 aromatic heterocycles. The van der Waals surface area contributed by atoms with Crippen molar-refractivity contribution in [2.75, 3.05) is 0 Å². The average Bonchev–Trinajstić information content (AvgIpc) is 3.32. The maximum atomic E-state index is 13.8. The van der Waals surface area contributed by atoms with Crippen molar-refractivity contribution in [3.63, 3.8) is 0 Å². The van der Waals surface area contributed by atoms with Gasteiger partial charge in [0.05, 0.1) is 4.88 Å². The van der Waals surface area contributed by atoms with Crippen LogP contribution in [0.25, 0.3) is 0 Å². The molecule has 2 rings (SSSR count). The highest BCUT2D eigenvalue weighted by Gasteiger charge is 2.80. The first-order valence-corrected chi connectivity index (χ1v) is 11.3. The van der Waals surface area contributed by atoms with Crippen molar-refractivity contribution < 1.29 is 67.0 Å². The lowest BCUT2D eigenvalue weighted by Gasteiger charge is -2.56. The number of carbonyl (C=O) groups excluding carboxylic acids is 5. The lowest BCUT2D eigenvalue weighted by Crippen LogP contribution is -2.87. The number of halogens is 3. The fourth-order valence-corrected chi connectivity index (χ4v) is 4.52. The molecule has 4 N–H and O–H groups in total. The highest BCUT2D eigenvalue weighted by Crippen LogP contribution is 2.48. The zero-order valence-corrected chi connectivity index (χ0v) is 20.5. The van der Waals surface area contributed by atoms with Crippen LogP contribution in [-0.4, -0.2) is 90.8 Å². The van der Waals surface area contributed by atoms with Crippen LogP contribution in [0.3, 0.4) is 0 Å². The summed E-state index contributed by atoms with van der Waals surface area (Å²) >= 11 is 0.769. The third kappa shape index (κ3) is 4.78. The lowest BCUT2D eigenvalue weighted by atomic mass is 9.60. The number of Topliss-reactive ketones (excluding diaryl/α,β-unsaturated/α-hetero) is 4. The van der Waals surface area contributed by atoms with E-state index in [1.54, 1.807) is 0 Å². The maximum Gasteiger partial charge on any atom is 0.449 e. The van der Waals surface area contributed by atoms with Gasteiger partial charge in [0.15, 0.2) is 40.6 Å². The van der Waals surface area contributed by atoms with Crippen molar-refractivity contribution in [2.45, 2.75) is 69.2 Å². The van der Waals surface area contributed by atoms with Gasteiger partial charge in [0.2, 0.25) is 23.3 Å². The van der Waals surface area contributed by atoms with E-state index in [-0.39, 0.29) is 11.0 Å². The van der Waals surface area contributed by atoms with E-state index in [1.165, 1.54) is 17.5 Å². The minimum atomic E-state index is -5.50. The number of ether oxygens (including phenoxy) is 2. The molecular weight excluding hydrogens is 529 g/mol. The Morgan fingerprint density at radius 2 is 1.59 bits per heavy atom. The summed E-state index contributed by atoms with van der Waals surface area (Å²) < 4.78 is 51.1. The normalized spacial score (nSPS) is 31.4. The van der Waals surface area contributed by atoms with Crippen LogP contribution in [0.5, 0.6) is 0 Å². The topological polar surface area (TPSA) is 185 Å². The number of carbonyl (C=O) groups is 5. The Morgan fingerprint density at radius 1 is 1.05 bits per heavy atom. The predicted octanol–water partition coefficient (Wildman–Crippen LogP) is 0.0287. The number of ketones is 5.